The van der Waals surface area contributed by atoms with E-state index in [1.807, 2.05) is 13.0 Å². The molecule has 0 aromatic heterocycles. The standard InChI is InChI=1S/C19H26N2O3.ClH/c1-13(14-11-20-12-14)18(22)21-19(6-2-3-7-19)15-4-5-16-17(10-15)24-9-8-23-16;/h4-5,10,13-14,20H,2-3,6-9,11-12H2,1H3,(H,21,22);1H. The number of amides is 1. The Kier molecular flexibility index (Phi) is 5.44. The Hall–Kier alpha value is -1.46. The van der Waals surface area contributed by atoms with Gasteiger partial charge < -0.3 is 20.1 Å². The minimum Gasteiger partial charge on any atom is -0.486 e. The molecule has 3 aliphatic rings. The van der Waals surface area contributed by atoms with E-state index in [9.17, 15) is 4.79 Å². The van der Waals surface area contributed by atoms with E-state index in [1.54, 1.807) is 0 Å². The third-order valence-electron chi connectivity index (χ3n) is 5.85. The van der Waals surface area contributed by atoms with Gasteiger partial charge in [-0.2, -0.15) is 0 Å². The molecule has 4 rings (SSSR count). The molecule has 2 heterocycles. The zero-order chi connectivity index (χ0) is 16.6. The van der Waals surface area contributed by atoms with E-state index in [2.05, 4.69) is 22.8 Å². The number of rotatable bonds is 4. The van der Waals surface area contributed by atoms with Crippen LogP contribution in [-0.2, 0) is 10.3 Å². The molecule has 0 radical (unpaired) electrons. The summed E-state index contributed by atoms with van der Waals surface area (Å²) in [5.41, 5.74) is 0.898. The van der Waals surface area contributed by atoms with Crippen molar-refractivity contribution >= 4 is 18.3 Å². The van der Waals surface area contributed by atoms with E-state index < -0.39 is 0 Å². The summed E-state index contributed by atoms with van der Waals surface area (Å²) in [5.74, 6) is 2.30. The average molecular weight is 367 g/mol. The Morgan fingerprint density at radius 2 is 1.88 bits per heavy atom. The van der Waals surface area contributed by atoms with Gasteiger partial charge in [0, 0.05) is 5.92 Å². The van der Waals surface area contributed by atoms with Crippen molar-refractivity contribution < 1.29 is 14.3 Å². The predicted octanol–water partition coefficient (Wildman–Crippen LogP) is 2.62. The van der Waals surface area contributed by atoms with Crippen LogP contribution in [0.3, 0.4) is 0 Å². The van der Waals surface area contributed by atoms with Crippen molar-refractivity contribution in [3.63, 3.8) is 0 Å². The zero-order valence-corrected chi connectivity index (χ0v) is 15.5. The molecule has 1 saturated heterocycles. The lowest BCUT2D eigenvalue weighted by Gasteiger charge is -2.37. The molecule has 1 atom stereocenters. The average Bonchev–Trinajstić information content (AvgIpc) is 3.02. The van der Waals surface area contributed by atoms with E-state index in [-0.39, 0.29) is 29.8 Å². The highest BCUT2D eigenvalue weighted by Crippen LogP contribution is 2.42. The van der Waals surface area contributed by atoms with Gasteiger partial charge >= 0.3 is 0 Å². The third-order valence-corrected chi connectivity index (χ3v) is 5.85. The fourth-order valence-electron chi connectivity index (χ4n) is 4.03. The van der Waals surface area contributed by atoms with Crippen molar-refractivity contribution in [3.8, 4) is 11.5 Å². The number of carbonyl (C=O) groups is 1. The smallest absolute Gasteiger partial charge is 0.223 e. The summed E-state index contributed by atoms with van der Waals surface area (Å²) < 4.78 is 11.4. The quantitative estimate of drug-likeness (QED) is 0.860. The minimum atomic E-state index is -0.252. The summed E-state index contributed by atoms with van der Waals surface area (Å²) in [6.07, 6.45) is 4.28. The maximum Gasteiger partial charge on any atom is 0.223 e. The molecule has 1 amide bonds. The minimum absolute atomic E-state index is 0. The van der Waals surface area contributed by atoms with Crippen LogP contribution >= 0.6 is 12.4 Å². The first-order valence-corrected chi connectivity index (χ1v) is 9.11. The third kappa shape index (κ3) is 3.44. The lowest BCUT2D eigenvalue weighted by Crippen LogP contribution is -2.53. The number of benzene rings is 1. The molecule has 2 fully saturated rings. The maximum atomic E-state index is 12.8. The van der Waals surface area contributed by atoms with Crippen molar-refractivity contribution in [3.05, 3.63) is 23.8 Å². The van der Waals surface area contributed by atoms with E-state index >= 15 is 0 Å². The molecule has 2 aliphatic heterocycles. The fourth-order valence-corrected chi connectivity index (χ4v) is 4.03. The van der Waals surface area contributed by atoms with Gasteiger partial charge in [-0.05, 0) is 49.5 Å². The van der Waals surface area contributed by atoms with Crippen molar-refractivity contribution in [2.24, 2.45) is 11.8 Å². The first-order valence-electron chi connectivity index (χ1n) is 9.11. The highest BCUT2D eigenvalue weighted by atomic mass is 35.5. The van der Waals surface area contributed by atoms with Crippen LogP contribution in [0.2, 0.25) is 0 Å². The summed E-state index contributed by atoms with van der Waals surface area (Å²) in [5, 5.41) is 6.66. The molecule has 6 heteroatoms. The molecular weight excluding hydrogens is 340 g/mol. The fraction of sp³-hybridized carbons (Fsp3) is 0.632. The van der Waals surface area contributed by atoms with E-state index in [1.165, 1.54) is 0 Å². The lowest BCUT2D eigenvalue weighted by molar-refractivity contribution is -0.128. The van der Waals surface area contributed by atoms with E-state index in [4.69, 9.17) is 9.47 Å². The van der Waals surface area contributed by atoms with E-state index in [0.29, 0.717) is 19.1 Å². The number of hydrogen-bond donors (Lipinski definition) is 2. The zero-order valence-electron chi connectivity index (χ0n) is 14.7. The normalized spacial score (nSPS) is 22.4. The van der Waals surface area contributed by atoms with Crippen molar-refractivity contribution in [2.75, 3.05) is 26.3 Å². The summed E-state index contributed by atoms with van der Waals surface area (Å²) >= 11 is 0. The molecule has 0 bridgehead atoms. The summed E-state index contributed by atoms with van der Waals surface area (Å²) in [7, 11) is 0. The van der Waals surface area contributed by atoms with Crippen LogP contribution in [-0.4, -0.2) is 32.2 Å². The first-order chi connectivity index (χ1) is 11.7. The topological polar surface area (TPSA) is 59.6 Å². The first kappa shape index (κ1) is 18.3. The molecule has 1 saturated carbocycles. The largest absolute Gasteiger partial charge is 0.486 e. The number of carbonyl (C=O) groups excluding carboxylic acids is 1. The lowest BCUT2D eigenvalue weighted by atomic mass is 9.84. The highest BCUT2D eigenvalue weighted by molar-refractivity contribution is 5.85. The molecule has 2 N–H and O–H groups in total. The highest BCUT2D eigenvalue weighted by Gasteiger charge is 2.40. The van der Waals surface area contributed by atoms with Crippen LogP contribution in [0.5, 0.6) is 11.5 Å². The summed E-state index contributed by atoms with van der Waals surface area (Å²) in [6, 6.07) is 6.14. The van der Waals surface area contributed by atoms with Gasteiger partial charge in [0.15, 0.2) is 11.5 Å². The van der Waals surface area contributed by atoms with Gasteiger partial charge in [0.1, 0.15) is 13.2 Å². The van der Waals surface area contributed by atoms with Crippen molar-refractivity contribution in [1.29, 1.82) is 0 Å². The predicted molar refractivity (Wildman–Crippen MR) is 98.5 cm³/mol. The van der Waals surface area contributed by atoms with E-state index in [0.717, 1.165) is 55.8 Å². The molecule has 1 unspecified atom stereocenters. The second-order valence-corrected chi connectivity index (χ2v) is 7.34. The Balaban J connectivity index is 0.00000182. The van der Waals surface area contributed by atoms with Crippen LogP contribution in [0, 0.1) is 11.8 Å². The van der Waals surface area contributed by atoms with Crippen LogP contribution in [0.1, 0.15) is 38.2 Å². The SMILES string of the molecule is CC(C(=O)NC1(c2ccc3c(c2)OCCO3)CCCC1)C1CNC1.Cl. The second kappa shape index (κ2) is 7.42. The molecule has 0 spiro atoms. The number of hydrogen-bond acceptors (Lipinski definition) is 4. The molecule has 138 valence electrons. The Morgan fingerprint density at radius 1 is 1.20 bits per heavy atom. The number of nitrogens with one attached hydrogen (secondary N) is 2. The Morgan fingerprint density at radius 3 is 2.52 bits per heavy atom. The number of ether oxygens (including phenoxy) is 2. The van der Waals surface area contributed by atoms with Gasteiger partial charge in [-0.15, -0.1) is 12.4 Å². The Labute approximate surface area is 155 Å². The second-order valence-electron chi connectivity index (χ2n) is 7.34. The number of halogens is 1. The van der Waals surface area contributed by atoms with Crippen LogP contribution in [0.25, 0.3) is 0 Å². The Bertz CT molecular complexity index is 627. The summed E-state index contributed by atoms with van der Waals surface area (Å²) in [4.78, 5) is 12.8. The number of fused-ring (bicyclic) bond motifs is 1. The monoisotopic (exact) mass is 366 g/mol. The molecule has 1 aromatic carbocycles. The molecule has 1 aromatic rings. The van der Waals surface area contributed by atoms with Gasteiger partial charge in [-0.25, -0.2) is 0 Å². The maximum absolute atomic E-state index is 12.8. The van der Waals surface area contributed by atoms with Crippen molar-refractivity contribution in [2.45, 2.75) is 38.1 Å². The molecular formula is C19H27ClN2O3. The van der Waals surface area contributed by atoms with Gasteiger partial charge in [-0.1, -0.05) is 25.8 Å². The van der Waals surface area contributed by atoms with Gasteiger partial charge in [-0.3, -0.25) is 4.79 Å². The molecule has 1 aliphatic carbocycles. The van der Waals surface area contributed by atoms with Crippen LogP contribution in [0.15, 0.2) is 18.2 Å². The van der Waals surface area contributed by atoms with Crippen LogP contribution in [0.4, 0.5) is 0 Å². The van der Waals surface area contributed by atoms with Crippen LogP contribution < -0.4 is 20.1 Å². The molecule has 25 heavy (non-hydrogen) atoms. The van der Waals surface area contributed by atoms with Gasteiger partial charge in [0.05, 0.1) is 5.54 Å². The summed E-state index contributed by atoms with van der Waals surface area (Å²) in [6.45, 7) is 5.13. The van der Waals surface area contributed by atoms with Gasteiger partial charge in [0.2, 0.25) is 5.91 Å². The van der Waals surface area contributed by atoms with Crippen molar-refractivity contribution in [1.82, 2.24) is 10.6 Å². The molecule has 5 nitrogen and oxygen atoms in total. The van der Waals surface area contributed by atoms with Gasteiger partial charge in [0.25, 0.3) is 0 Å².